The molecular formula is C22H19N3O4S. The van der Waals surface area contributed by atoms with Crippen molar-refractivity contribution in [1.29, 1.82) is 0 Å². The van der Waals surface area contributed by atoms with Crippen LogP contribution in [0.15, 0.2) is 70.3 Å². The number of aryl methyl sites for hydroxylation is 1. The molecule has 152 valence electrons. The van der Waals surface area contributed by atoms with Gasteiger partial charge >= 0.3 is 11.7 Å². The molecule has 8 heteroatoms. The minimum atomic E-state index is -0.547. The van der Waals surface area contributed by atoms with E-state index >= 15 is 0 Å². The summed E-state index contributed by atoms with van der Waals surface area (Å²) in [6, 6.07) is 17.8. The molecule has 30 heavy (non-hydrogen) atoms. The number of fused-ring (bicyclic) bond motifs is 1. The number of hydrogen-bond donors (Lipinski definition) is 1. The number of anilines is 1. The molecule has 0 amide bonds. The van der Waals surface area contributed by atoms with Crippen LogP contribution < -0.4 is 17.0 Å². The molecule has 7 nitrogen and oxygen atoms in total. The Labute approximate surface area is 175 Å². The molecule has 0 aliphatic rings. The molecule has 0 spiro atoms. The molecule has 4 aromatic rings. The molecule has 0 aliphatic heterocycles. The van der Waals surface area contributed by atoms with Crippen LogP contribution in [0.4, 0.5) is 5.69 Å². The minimum absolute atomic E-state index is 0.0878. The van der Waals surface area contributed by atoms with Gasteiger partial charge in [-0.25, -0.2) is 9.59 Å². The van der Waals surface area contributed by atoms with Crippen molar-refractivity contribution in [3.8, 4) is 0 Å². The van der Waals surface area contributed by atoms with Gasteiger partial charge in [-0.2, -0.15) is 0 Å². The summed E-state index contributed by atoms with van der Waals surface area (Å²) >= 11 is 1.07. The summed E-state index contributed by atoms with van der Waals surface area (Å²) in [4.78, 5) is 38.9. The van der Waals surface area contributed by atoms with Gasteiger partial charge in [0.15, 0.2) is 0 Å². The van der Waals surface area contributed by atoms with E-state index in [4.69, 9.17) is 10.5 Å². The standard InChI is InChI=1S/C22H19N3O4S/c1-24-20-17(19(26)25(22(24)28)12-14-5-3-2-4-6-14)11-18(30-20)21(27)29-13-15-7-9-16(23)10-8-15/h2-11H,12-13,23H2,1H3. The largest absolute Gasteiger partial charge is 0.457 e. The summed E-state index contributed by atoms with van der Waals surface area (Å²) < 4.78 is 7.92. The molecule has 4 rings (SSSR count). The van der Waals surface area contributed by atoms with Crippen LogP contribution in [-0.2, 0) is 24.9 Å². The van der Waals surface area contributed by atoms with Crippen LogP contribution in [0.1, 0.15) is 20.8 Å². The van der Waals surface area contributed by atoms with Crippen LogP contribution in [0.5, 0.6) is 0 Å². The zero-order valence-corrected chi connectivity index (χ0v) is 17.0. The van der Waals surface area contributed by atoms with Crippen molar-refractivity contribution >= 4 is 33.2 Å². The van der Waals surface area contributed by atoms with Gasteiger partial charge in [0, 0.05) is 12.7 Å². The lowest BCUT2D eigenvalue weighted by atomic mass is 10.2. The predicted octanol–water partition coefficient (Wildman–Crippen LogP) is 2.75. The fourth-order valence-electron chi connectivity index (χ4n) is 3.12. The lowest BCUT2D eigenvalue weighted by Gasteiger charge is -2.08. The van der Waals surface area contributed by atoms with Crippen molar-refractivity contribution in [2.24, 2.45) is 7.05 Å². The first-order valence-corrected chi connectivity index (χ1v) is 10.0. The Morgan fingerprint density at radius 3 is 2.43 bits per heavy atom. The fourth-order valence-corrected chi connectivity index (χ4v) is 4.12. The highest BCUT2D eigenvalue weighted by molar-refractivity contribution is 7.20. The maximum Gasteiger partial charge on any atom is 0.348 e. The first kappa shape index (κ1) is 19.7. The van der Waals surface area contributed by atoms with E-state index in [0.717, 1.165) is 22.5 Å². The third-order valence-electron chi connectivity index (χ3n) is 4.74. The average Bonchev–Trinajstić information content (AvgIpc) is 3.21. The van der Waals surface area contributed by atoms with E-state index in [1.54, 1.807) is 31.3 Å². The summed E-state index contributed by atoms with van der Waals surface area (Å²) in [5.74, 6) is -0.547. The van der Waals surface area contributed by atoms with Crippen molar-refractivity contribution in [2.45, 2.75) is 13.2 Å². The van der Waals surface area contributed by atoms with Crippen molar-refractivity contribution in [2.75, 3.05) is 5.73 Å². The second-order valence-corrected chi connectivity index (χ2v) is 7.90. The Kier molecular flexibility index (Phi) is 5.24. The SMILES string of the molecule is Cn1c(=O)n(Cc2ccccc2)c(=O)c2cc(C(=O)OCc3ccc(N)cc3)sc21. The molecule has 0 atom stereocenters. The van der Waals surface area contributed by atoms with E-state index in [1.807, 2.05) is 30.3 Å². The number of nitrogen functional groups attached to an aromatic ring is 1. The summed E-state index contributed by atoms with van der Waals surface area (Å²) in [6.07, 6.45) is 0. The molecule has 0 aliphatic carbocycles. The van der Waals surface area contributed by atoms with E-state index in [1.165, 1.54) is 15.2 Å². The maximum absolute atomic E-state index is 12.9. The van der Waals surface area contributed by atoms with Crippen molar-refractivity contribution in [3.05, 3.63) is 97.5 Å². The number of rotatable bonds is 5. The highest BCUT2D eigenvalue weighted by Gasteiger charge is 2.19. The zero-order chi connectivity index (χ0) is 21.3. The Bertz CT molecular complexity index is 1340. The summed E-state index contributed by atoms with van der Waals surface area (Å²) in [5, 5.41) is 0.317. The number of carbonyl (C=O) groups excluding carboxylic acids is 1. The Balaban J connectivity index is 1.65. The smallest absolute Gasteiger partial charge is 0.348 e. The quantitative estimate of drug-likeness (QED) is 0.395. The maximum atomic E-state index is 12.9. The average molecular weight is 421 g/mol. The third kappa shape index (κ3) is 3.77. The number of carbonyl (C=O) groups is 1. The molecule has 0 unspecified atom stereocenters. The van der Waals surface area contributed by atoms with Gasteiger partial charge in [0.05, 0.1) is 11.9 Å². The third-order valence-corrected chi connectivity index (χ3v) is 5.94. The van der Waals surface area contributed by atoms with E-state index in [0.29, 0.717) is 15.9 Å². The second kappa shape index (κ2) is 8.00. The normalized spacial score (nSPS) is 11.0. The number of thiophene rings is 1. The van der Waals surface area contributed by atoms with E-state index in [9.17, 15) is 14.4 Å². The molecule has 2 N–H and O–H groups in total. The van der Waals surface area contributed by atoms with Gasteiger partial charge in [-0.15, -0.1) is 11.3 Å². The van der Waals surface area contributed by atoms with Gasteiger partial charge in [0.25, 0.3) is 5.56 Å². The molecule has 2 aromatic heterocycles. The number of nitrogens with two attached hydrogens (primary N) is 1. The monoisotopic (exact) mass is 421 g/mol. The molecule has 2 heterocycles. The highest BCUT2D eigenvalue weighted by Crippen LogP contribution is 2.23. The van der Waals surface area contributed by atoms with Crippen LogP contribution in [0.25, 0.3) is 10.2 Å². The second-order valence-electron chi connectivity index (χ2n) is 6.87. The van der Waals surface area contributed by atoms with Crippen LogP contribution in [0, 0.1) is 0 Å². The van der Waals surface area contributed by atoms with Crippen molar-refractivity contribution in [3.63, 3.8) is 0 Å². The van der Waals surface area contributed by atoms with Gasteiger partial charge in [-0.05, 0) is 29.3 Å². The highest BCUT2D eigenvalue weighted by atomic mass is 32.1. The lowest BCUT2D eigenvalue weighted by molar-refractivity contribution is 0.0478. The van der Waals surface area contributed by atoms with E-state index in [2.05, 4.69) is 0 Å². The zero-order valence-electron chi connectivity index (χ0n) is 16.2. The number of esters is 1. The first-order valence-electron chi connectivity index (χ1n) is 9.23. The lowest BCUT2D eigenvalue weighted by Crippen LogP contribution is -2.38. The van der Waals surface area contributed by atoms with Gasteiger partial charge in [-0.3, -0.25) is 13.9 Å². The van der Waals surface area contributed by atoms with Crippen molar-refractivity contribution < 1.29 is 9.53 Å². The molecule has 0 fully saturated rings. The van der Waals surface area contributed by atoms with Gasteiger partial charge in [0.1, 0.15) is 16.3 Å². The number of hydrogen-bond acceptors (Lipinski definition) is 6. The topological polar surface area (TPSA) is 96.3 Å². The number of nitrogens with zero attached hydrogens (tertiary/aromatic N) is 2. The van der Waals surface area contributed by atoms with Gasteiger partial charge in [0.2, 0.25) is 0 Å². The Morgan fingerprint density at radius 1 is 1.03 bits per heavy atom. The molecule has 0 radical (unpaired) electrons. The van der Waals surface area contributed by atoms with Crippen LogP contribution in [-0.4, -0.2) is 15.1 Å². The van der Waals surface area contributed by atoms with E-state index in [-0.39, 0.29) is 18.0 Å². The minimum Gasteiger partial charge on any atom is -0.457 e. The fraction of sp³-hybridized carbons (Fsp3) is 0.136. The molecule has 2 aromatic carbocycles. The number of aromatic nitrogens is 2. The Morgan fingerprint density at radius 2 is 1.73 bits per heavy atom. The van der Waals surface area contributed by atoms with Crippen LogP contribution in [0.2, 0.25) is 0 Å². The van der Waals surface area contributed by atoms with Crippen LogP contribution >= 0.6 is 11.3 Å². The number of ether oxygens (including phenoxy) is 1. The molecule has 0 bridgehead atoms. The summed E-state index contributed by atoms with van der Waals surface area (Å²) in [6.45, 7) is 0.250. The Hall–Kier alpha value is -3.65. The summed E-state index contributed by atoms with van der Waals surface area (Å²) in [5.41, 5.74) is 7.07. The van der Waals surface area contributed by atoms with Gasteiger partial charge < -0.3 is 10.5 Å². The molecular weight excluding hydrogens is 402 g/mol. The molecule has 0 saturated heterocycles. The summed E-state index contributed by atoms with van der Waals surface area (Å²) in [7, 11) is 1.59. The van der Waals surface area contributed by atoms with E-state index < -0.39 is 17.2 Å². The van der Waals surface area contributed by atoms with Crippen molar-refractivity contribution in [1.82, 2.24) is 9.13 Å². The van der Waals surface area contributed by atoms with Crippen LogP contribution in [0.3, 0.4) is 0 Å². The molecule has 0 saturated carbocycles. The first-order chi connectivity index (χ1) is 14.4. The number of benzene rings is 2. The predicted molar refractivity (Wildman–Crippen MR) is 117 cm³/mol. The van der Waals surface area contributed by atoms with Gasteiger partial charge in [-0.1, -0.05) is 42.5 Å².